The molecular formula is C24H29N3O4S. The average Bonchev–Trinajstić information content (AvgIpc) is 3.30. The van der Waals surface area contributed by atoms with Gasteiger partial charge < -0.3 is 18.9 Å². The monoisotopic (exact) mass is 455 g/mol. The maximum Gasteiger partial charge on any atom is 0.203 e. The van der Waals surface area contributed by atoms with Crippen molar-refractivity contribution in [3.05, 3.63) is 47.3 Å². The van der Waals surface area contributed by atoms with Crippen LogP contribution >= 0.6 is 11.3 Å². The zero-order chi connectivity index (χ0) is 22.8. The Balaban J connectivity index is 1.62. The first-order valence-electron chi connectivity index (χ1n) is 10.5. The third-order valence-corrected chi connectivity index (χ3v) is 5.50. The summed E-state index contributed by atoms with van der Waals surface area (Å²) in [7, 11) is 4.87. The fourth-order valence-electron chi connectivity index (χ4n) is 3.03. The number of anilines is 1. The molecule has 0 saturated carbocycles. The molecule has 3 aromatic rings. The number of hydrogen-bond acceptors (Lipinski definition) is 8. The zero-order valence-corrected chi connectivity index (χ0v) is 19.7. The molecule has 1 aromatic heterocycles. The molecule has 8 heteroatoms. The van der Waals surface area contributed by atoms with Crippen molar-refractivity contribution in [3.8, 4) is 34.3 Å². The van der Waals surface area contributed by atoms with Gasteiger partial charge in [-0.1, -0.05) is 19.8 Å². The Morgan fingerprint density at radius 2 is 1.69 bits per heavy atom. The van der Waals surface area contributed by atoms with E-state index in [0.29, 0.717) is 29.0 Å². The summed E-state index contributed by atoms with van der Waals surface area (Å²) in [5, 5.41) is 6.96. The van der Waals surface area contributed by atoms with Gasteiger partial charge in [-0.05, 0) is 48.4 Å². The van der Waals surface area contributed by atoms with Gasteiger partial charge in [0.1, 0.15) is 0 Å². The second-order valence-corrected chi connectivity index (χ2v) is 7.80. The summed E-state index contributed by atoms with van der Waals surface area (Å²) < 4.78 is 21.9. The molecule has 1 N–H and O–H groups in total. The van der Waals surface area contributed by atoms with Gasteiger partial charge in [0, 0.05) is 10.9 Å². The van der Waals surface area contributed by atoms with Crippen molar-refractivity contribution >= 4 is 22.7 Å². The summed E-state index contributed by atoms with van der Waals surface area (Å²) in [6.07, 6.45) is 5.08. The Labute approximate surface area is 193 Å². The number of methoxy groups -OCH3 is 3. The Bertz CT molecular complexity index is 1040. The molecule has 170 valence electrons. The maximum absolute atomic E-state index is 5.82. The first-order valence-corrected chi connectivity index (χ1v) is 11.3. The van der Waals surface area contributed by atoms with Gasteiger partial charge in [-0.15, -0.1) is 11.3 Å². The van der Waals surface area contributed by atoms with E-state index in [0.717, 1.165) is 41.8 Å². The van der Waals surface area contributed by atoms with Crippen LogP contribution in [0.1, 0.15) is 31.7 Å². The highest BCUT2D eigenvalue weighted by atomic mass is 32.1. The fraction of sp³-hybridized carbons (Fsp3) is 0.333. The second-order valence-electron chi connectivity index (χ2n) is 6.94. The Hall–Kier alpha value is -3.26. The fourth-order valence-corrected chi connectivity index (χ4v) is 3.70. The highest BCUT2D eigenvalue weighted by Gasteiger charge is 2.09. The van der Waals surface area contributed by atoms with E-state index in [-0.39, 0.29) is 0 Å². The standard InChI is InChI=1S/C24H29N3O4S/c1-5-6-7-12-31-21-10-8-17(13-22(21)29-3)15-25-27-24-26-19(16-32-24)18-9-11-20(28-2)23(14-18)30-4/h8-11,13-16H,5-7,12H2,1-4H3,(H,26,27)/b25-15-. The predicted octanol–water partition coefficient (Wildman–Crippen LogP) is 5.85. The molecule has 3 rings (SSSR count). The van der Waals surface area contributed by atoms with Gasteiger partial charge in [-0.3, -0.25) is 5.43 Å². The molecule has 2 aromatic carbocycles. The Kier molecular flexibility index (Phi) is 8.74. The minimum Gasteiger partial charge on any atom is -0.493 e. The molecule has 0 amide bonds. The molecule has 0 bridgehead atoms. The summed E-state index contributed by atoms with van der Waals surface area (Å²) in [5.41, 5.74) is 5.65. The Morgan fingerprint density at radius 3 is 2.44 bits per heavy atom. The molecule has 0 aliphatic heterocycles. The topological polar surface area (TPSA) is 74.2 Å². The van der Waals surface area contributed by atoms with E-state index in [2.05, 4.69) is 22.4 Å². The largest absolute Gasteiger partial charge is 0.493 e. The first kappa shape index (κ1) is 23.4. The molecule has 0 radical (unpaired) electrons. The lowest BCUT2D eigenvalue weighted by molar-refractivity contribution is 0.286. The van der Waals surface area contributed by atoms with Crippen LogP contribution in [0, 0.1) is 0 Å². The van der Waals surface area contributed by atoms with Crippen LogP contribution in [0.5, 0.6) is 23.0 Å². The van der Waals surface area contributed by atoms with Crippen LogP contribution in [-0.2, 0) is 0 Å². The molecule has 0 aliphatic carbocycles. The number of benzene rings is 2. The molecular weight excluding hydrogens is 426 g/mol. The van der Waals surface area contributed by atoms with E-state index in [1.54, 1.807) is 27.5 Å². The molecule has 0 fully saturated rings. The molecule has 0 atom stereocenters. The third kappa shape index (κ3) is 6.13. The molecule has 32 heavy (non-hydrogen) atoms. The van der Waals surface area contributed by atoms with E-state index in [1.807, 2.05) is 41.8 Å². The van der Waals surface area contributed by atoms with Gasteiger partial charge in [0.05, 0.1) is 39.8 Å². The van der Waals surface area contributed by atoms with Crippen molar-refractivity contribution < 1.29 is 18.9 Å². The minimum absolute atomic E-state index is 0.664. The average molecular weight is 456 g/mol. The van der Waals surface area contributed by atoms with Gasteiger partial charge in [-0.25, -0.2) is 4.98 Å². The van der Waals surface area contributed by atoms with Crippen LogP contribution < -0.4 is 24.4 Å². The smallest absolute Gasteiger partial charge is 0.203 e. The van der Waals surface area contributed by atoms with Crippen LogP contribution in [0.3, 0.4) is 0 Å². The van der Waals surface area contributed by atoms with Crippen molar-refractivity contribution in [2.45, 2.75) is 26.2 Å². The van der Waals surface area contributed by atoms with Crippen molar-refractivity contribution in [3.63, 3.8) is 0 Å². The van der Waals surface area contributed by atoms with Gasteiger partial charge in [0.15, 0.2) is 23.0 Å². The van der Waals surface area contributed by atoms with Crippen LogP contribution in [0.15, 0.2) is 46.9 Å². The highest BCUT2D eigenvalue weighted by Crippen LogP contribution is 2.33. The zero-order valence-electron chi connectivity index (χ0n) is 18.9. The number of thiazole rings is 1. The van der Waals surface area contributed by atoms with E-state index in [1.165, 1.54) is 11.3 Å². The summed E-state index contributed by atoms with van der Waals surface area (Å²) in [5.74, 6) is 2.78. The molecule has 0 aliphatic rings. The maximum atomic E-state index is 5.82. The van der Waals surface area contributed by atoms with Crippen molar-refractivity contribution in [2.75, 3.05) is 33.4 Å². The number of nitrogens with one attached hydrogen (secondary N) is 1. The van der Waals surface area contributed by atoms with Gasteiger partial charge >= 0.3 is 0 Å². The van der Waals surface area contributed by atoms with Crippen molar-refractivity contribution in [1.82, 2.24) is 4.98 Å². The number of unbranched alkanes of at least 4 members (excludes halogenated alkanes) is 2. The molecule has 0 unspecified atom stereocenters. The number of hydrazone groups is 1. The molecule has 0 saturated heterocycles. The Morgan fingerprint density at radius 1 is 0.938 bits per heavy atom. The number of ether oxygens (including phenoxy) is 4. The first-order chi connectivity index (χ1) is 15.7. The van der Waals surface area contributed by atoms with Crippen LogP contribution in [0.25, 0.3) is 11.3 Å². The number of hydrogen-bond donors (Lipinski definition) is 1. The summed E-state index contributed by atoms with van der Waals surface area (Å²) in [6, 6.07) is 11.5. The summed E-state index contributed by atoms with van der Waals surface area (Å²) >= 11 is 1.47. The van der Waals surface area contributed by atoms with Crippen molar-refractivity contribution in [2.24, 2.45) is 5.10 Å². The lowest BCUT2D eigenvalue weighted by atomic mass is 10.1. The predicted molar refractivity (Wildman–Crippen MR) is 130 cm³/mol. The lowest BCUT2D eigenvalue weighted by Crippen LogP contribution is -2.00. The number of aromatic nitrogens is 1. The van der Waals surface area contributed by atoms with E-state index in [4.69, 9.17) is 18.9 Å². The van der Waals surface area contributed by atoms with E-state index < -0.39 is 0 Å². The molecule has 0 spiro atoms. The number of rotatable bonds is 12. The van der Waals surface area contributed by atoms with Crippen molar-refractivity contribution in [1.29, 1.82) is 0 Å². The quantitative estimate of drug-likeness (QED) is 0.210. The summed E-state index contributed by atoms with van der Waals surface area (Å²) in [6.45, 7) is 2.86. The third-order valence-electron chi connectivity index (χ3n) is 4.75. The normalized spacial score (nSPS) is 10.9. The minimum atomic E-state index is 0.664. The van der Waals surface area contributed by atoms with Crippen LogP contribution in [-0.4, -0.2) is 39.1 Å². The highest BCUT2D eigenvalue weighted by molar-refractivity contribution is 7.14. The molecule has 1 heterocycles. The van der Waals surface area contributed by atoms with Gasteiger partial charge in [0.25, 0.3) is 0 Å². The number of nitrogens with zero attached hydrogens (tertiary/aromatic N) is 2. The van der Waals surface area contributed by atoms with Gasteiger partial charge in [-0.2, -0.15) is 5.10 Å². The van der Waals surface area contributed by atoms with Gasteiger partial charge in [0.2, 0.25) is 5.13 Å². The van der Waals surface area contributed by atoms with Crippen LogP contribution in [0.4, 0.5) is 5.13 Å². The SMILES string of the molecule is CCCCCOc1ccc(/C=N\Nc2nc(-c3ccc(OC)c(OC)c3)cs2)cc1OC. The van der Waals surface area contributed by atoms with E-state index >= 15 is 0 Å². The lowest BCUT2D eigenvalue weighted by Gasteiger charge is -2.11. The van der Waals surface area contributed by atoms with Crippen LogP contribution in [0.2, 0.25) is 0 Å². The molecule has 7 nitrogen and oxygen atoms in total. The second kappa shape index (κ2) is 12.0. The summed E-state index contributed by atoms with van der Waals surface area (Å²) in [4.78, 5) is 4.59. The van der Waals surface area contributed by atoms with E-state index in [9.17, 15) is 0 Å².